The molecule has 63 heavy (non-hydrogen) atoms. The Balaban J connectivity index is 1.53. The van der Waals surface area contributed by atoms with Crippen molar-refractivity contribution in [2.45, 2.75) is 270 Å². The van der Waals surface area contributed by atoms with E-state index in [0.29, 0.717) is 29.2 Å². The first-order chi connectivity index (χ1) is 29.6. The molecule has 5 atom stereocenters. The van der Waals surface area contributed by atoms with Gasteiger partial charge in [0.05, 0.1) is 0 Å². The zero-order valence-electron chi connectivity index (χ0n) is 44.2. The van der Waals surface area contributed by atoms with E-state index < -0.39 is 8.24 Å². The number of hydrogen-bond donors (Lipinski definition) is 0. The minimum absolute atomic E-state index is 0.0927. The zero-order valence-corrected chi connectivity index (χ0v) is 45.2. The molecule has 4 aliphatic rings. The first-order valence-electron chi connectivity index (χ1n) is 27.1. The van der Waals surface area contributed by atoms with Crippen molar-refractivity contribution >= 4 is 13.8 Å². The second-order valence-corrected chi connectivity index (χ2v) is 30.1. The SMILES string of the molecule is CCCCCCCCCCC1(CCCCCCCCCC)C2=CC3C(C=C2c2cc4c(cc21)C(C)(C)CCC4(C)C)C([Si](C)(C)N(C(C)(C)C)C(C)(C)C)C(C)C3c1ccccc1. The molecular formula is C61H99NSi. The van der Waals surface area contributed by atoms with Gasteiger partial charge in [-0.2, -0.15) is 0 Å². The fourth-order valence-electron chi connectivity index (χ4n) is 15.4. The number of benzene rings is 2. The lowest BCUT2D eigenvalue weighted by molar-refractivity contribution is 0.121. The Hall–Kier alpha value is -1.90. The van der Waals surface area contributed by atoms with Crippen molar-refractivity contribution in [3.8, 4) is 0 Å². The van der Waals surface area contributed by atoms with Gasteiger partial charge in [0.1, 0.15) is 8.24 Å². The summed E-state index contributed by atoms with van der Waals surface area (Å²) in [5, 5.41) is 0. The molecule has 0 N–H and O–H groups in total. The van der Waals surface area contributed by atoms with Gasteiger partial charge in [0.2, 0.25) is 0 Å². The van der Waals surface area contributed by atoms with Gasteiger partial charge in [0.15, 0.2) is 0 Å². The lowest BCUT2D eigenvalue weighted by atomic mass is 9.61. The Morgan fingerprint density at radius 1 is 0.587 bits per heavy atom. The Morgan fingerprint density at radius 2 is 1.05 bits per heavy atom. The van der Waals surface area contributed by atoms with Gasteiger partial charge in [0.25, 0.3) is 0 Å². The van der Waals surface area contributed by atoms with E-state index in [2.05, 4.69) is 162 Å². The molecule has 4 aliphatic carbocycles. The average molecular weight is 875 g/mol. The van der Waals surface area contributed by atoms with Gasteiger partial charge in [-0.3, -0.25) is 0 Å². The maximum absolute atomic E-state index is 3.05. The highest BCUT2D eigenvalue weighted by Gasteiger charge is 2.60. The topological polar surface area (TPSA) is 3.24 Å². The molecule has 0 aliphatic heterocycles. The van der Waals surface area contributed by atoms with E-state index in [1.54, 1.807) is 39.0 Å². The summed E-state index contributed by atoms with van der Waals surface area (Å²) in [5.74, 6) is 2.18. The smallest absolute Gasteiger partial charge is 0.127 e. The van der Waals surface area contributed by atoms with E-state index in [-0.39, 0.29) is 27.3 Å². The van der Waals surface area contributed by atoms with Crippen LogP contribution in [0.25, 0.3) is 5.57 Å². The second kappa shape index (κ2) is 20.1. The van der Waals surface area contributed by atoms with Crippen molar-refractivity contribution < 1.29 is 0 Å². The third-order valence-corrected chi connectivity index (χ3v) is 22.6. The standard InChI is InChI=1S/C61H99NSi/c1-16-18-20-22-24-26-28-33-37-61(38-34-29-27-25-23-21-19-17-2)51-43-49-50(41-47(51)48-42-53-54(44-52(48)61)60(12,13)40-39-59(53,10)11)56(45(3)55(49)46-35-31-30-32-36-46)63(14,15)62(57(4,5)6)58(7,8)9/h30-32,35-36,41-45,49-50,55-56H,16-29,33-34,37-40H2,1-15H3. The van der Waals surface area contributed by atoms with Crippen molar-refractivity contribution in [1.82, 2.24) is 4.57 Å². The molecule has 2 aromatic carbocycles. The van der Waals surface area contributed by atoms with E-state index in [4.69, 9.17) is 0 Å². The van der Waals surface area contributed by atoms with Crippen LogP contribution in [-0.4, -0.2) is 23.9 Å². The Morgan fingerprint density at radius 3 is 1.52 bits per heavy atom. The molecule has 352 valence electrons. The number of hydrogen-bond acceptors (Lipinski definition) is 1. The molecule has 0 saturated heterocycles. The van der Waals surface area contributed by atoms with Crippen LogP contribution in [0.2, 0.25) is 18.6 Å². The van der Waals surface area contributed by atoms with Gasteiger partial charge in [-0.05, 0) is 146 Å². The predicted octanol–water partition coefficient (Wildman–Crippen LogP) is 18.8. The lowest BCUT2D eigenvalue weighted by Crippen LogP contribution is -2.67. The fourth-order valence-corrected chi connectivity index (χ4v) is 21.9. The molecule has 2 aromatic rings. The third-order valence-electron chi connectivity index (χ3n) is 17.6. The van der Waals surface area contributed by atoms with Crippen LogP contribution in [0.3, 0.4) is 0 Å². The molecule has 0 heterocycles. The molecule has 0 spiro atoms. The van der Waals surface area contributed by atoms with Crippen LogP contribution in [-0.2, 0) is 16.2 Å². The summed E-state index contributed by atoms with van der Waals surface area (Å²) < 4.78 is 3.05. The number of nitrogens with zero attached hydrogens (tertiary/aromatic N) is 1. The number of allylic oxidation sites excluding steroid dienone is 4. The Bertz CT molecular complexity index is 1820. The lowest BCUT2D eigenvalue weighted by Gasteiger charge is -2.57. The minimum atomic E-state index is -2.08. The molecule has 0 bridgehead atoms. The number of fused-ring (bicyclic) bond motifs is 5. The van der Waals surface area contributed by atoms with E-state index in [0.717, 1.165) is 0 Å². The normalized spacial score (nSPS) is 24.7. The highest BCUT2D eigenvalue weighted by molar-refractivity contribution is 6.76. The van der Waals surface area contributed by atoms with Crippen LogP contribution in [0.4, 0.5) is 0 Å². The summed E-state index contributed by atoms with van der Waals surface area (Å²) in [4.78, 5) is 0. The quantitative estimate of drug-likeness (QED) is 0.0892. The van der Waals surface area contributed by atoms with Gasteiger partial charge in [0, 0.05) is 16.5 Å². The first-order valence-corrected chi connectivity index (χ1v) is 30.2. The average Bonchev–Trinajstić information content (AvgIpc) is 3.63. The summed E-state index contributed by atoms with van der Waals surface area (Å²) in [6.45, 7) is 38.2. The van der Waals surface area contributed by atoms with Crippen molar-refractivity contribution in [3.63, 3.8) is 0 Å². The van der Waals surface area contributed by atoms with Crippen molar-refractivity contribution in [1.29, 1.82) is 0 Å². The molecule has 1 saturated carbocycles. The highest BCUT2D eigenvalue weighted by Crippen LogP contribution is 2.67. The molecule has 6 rings (SSSR count). The monoisotopic (exact) mass is 874 g/mol. The highest BCUT2D eigenvalue weighted by atomic mass is 28.3. The van der Waals surface area contributed by atoms with Crippen molar-refractivity contribution in [2.75, 3.05) is 0 Å². The van der Waals surface area contributed by atoms with Crippen LogP contribution in [0.1, 0.15) is 252 Å². The second-order valence-electron chi connectivity index (χ2n) is 25.7. The molecule has 0 aromatic heterocycles. The molecule has 1 nitrogen and oxygen atoms in total. The summed E-state index contributed by atoms with van der Waals surface area (Å²) in [6.07, 6.45) is 33.4. The molecule has 0 radical (unpaired) electrons. The van der Waals surface area contributed by atoms with E-state index in [1.165, 1.54) is 128 Å². The number of rotatable bonds is 21. The Labute approximate surface area is 392 Å². The Kier molecular flexibility index (Phi) is 16.1. The van der Waals surface area contributed by atoms with Crippen LogP contribution in [0, 0.1) is 17.8 Å². The maximum Gasteiger partial charge on any atom is 0.127 e. The molecule has 5 unspecified atom stereocenters. The van der Waals surface area contributed by atoms with Gasteiger partial charge in [-0.15, -0.1) is 0 Å². The van der Waals surface area contributed by atoms with Crippen molar-refractivity contribution in [2.24, 2.45) is 17.8 Å². The van der Waals surface area contributed by atoms with Gasteiger partial charge in [-0.25, -0.2) is 0 Å². The maximum atomic E-state index is 3.05. The van der Waals surface area contributed by atoms with E-state index >= 15 is 0 Å². The fraction of sp³-hybridized carbons (Fsp3) is 0.738. The first kappa shape index (κ1) is 50.5. The minimum Gasteiger partial charge on any atom is -0.314 e. The van der Waals surface area contributed by atoms with Crippen LogP contribution < -0.4 is 0 Å². The summed E-state index contributed by atoms with van der Waals surface area (Å²) in [7, 11) is -2.08. The van der Waals surface area contributed by atoms with Gasteiger partial charge >= 0.3 is 0 Å². The third kappa shape index (κ3) is 10.5. The molecular weight excluding hydrogens is 775 g/mol. The van der Waals surface area contributed by atoms with Crippen LogP contribution in [0.5, 0.6) is 0 Å². The van der Waals surface area contributed by atoms with Crippen LogP contribution in [0.15, 0.2) is 60.2 Å². The van der Waals surface area contributed by atoms with E-state index in [9.17, 15) is 0 Å². The molecule has 2 heteroatoms. The van der Waals surface area contributed by atoms with Crippen LogP contribution >= 0.6 is 0 Å². The molecule has 0 amide bonds. The largest absolute Gasteiger partial charge is 0.314 e. The predicted molar refractivity (Wildman–Crippen MR) is 282 cm³/mol. The molecule has 1 fully saturated rings. The summed E-state index contributed by atoms with van der Waals surface area (Å²) >= 11 is 0. The number of unbranched alkanes of at least 4 members (excludes halogenated alkanes) is 14. The van der Waals surface area contributed by atoms with Crippen molar-refractivity contribution in [3.05, 3.63) is 88.0 Å². The van der Waals surface area contributed by atoms with E-state index in [1.807, 2.05) is 0 Å². The zero-order chi connectivity index (χ0) is 46.0. The van der Waals surface area contributed by atoms with Gasteiger partial charge < -0.3 is 4.57 Å². The summed E-state index contributed by atoms with van der Waals surface area (Å²) in [6, 6.07) is 17.6. The summed E-state index contributed by atoms with van der Waals surface area (Å²) in [5.41, 5.74) is 13.0. The van der Waals surface area contributed by atoms with Gasteiger partial charge in [-0.1, -0.05) is 219 Å².